The number of thiocyanates is 1. The van der Waals surface area contributed by atoms with Crippen LogP contribution in [0.3, 0.4) is 0 Å². The molecule has 5 heteroatoms. The van der Waals surface area contributed by atoms with Crippen LogP contribution >= 0.6 is 11.8 Å². The fourth-order valence-corrected chi connectivity index (χ4v) is 1.72. The Balaban J connectivity index is 2.54. The Kier molecular flexibility index (Phi) is 3.17. The Morgan fingerprint density at radius 3 is 3.00 bits per heavy atom. The van der Waals surface area contributed by atoms with E-state index in [1.54, 1.807) is 12.3 Å². The number of hydrogen-bond acceptors (Lipinski definition) is 5. The van der Waals surface area contributed by atoms with Crippen LogP contribution in [0.1, 0.15) is 5.56 Å². The summed E-state index contributed by atoms with van der Waals surface area (Å²) >= 11 is 1.01. The summed E-state index contributed by atoms with van der Waals surface area (Å²) in [6.45, 7) is 3.74. The van der Waals surface area contributed by atoms with Gasteiger partial charge in [-0.25, -0.2) is 4.98 Å². The van der Waals surface area contributed by atoms with Crippen LogP contribution in [0.2, 0.25) is 0 Å². The highest BCUT2D eigenvalue weighted by molar-refractivity contribution is 8.03. The molecule has 0 aliphatic heterocycles. The van der Waals surface area contributed by atoms with Gasteiger partial charge in [0.25, 0.3) is 0 Å². The molecular formula is C12H8N4S. The van der Waals surface area contributed by atoms with E-state index in [4.69, 9.17) is 10.7 Å². The van der Waals surface area contributed by atoms with Gasteiger partial charge in [-0.05, 0) is 23.8 Å². The van der Waals surface area contributed by atoms with Gasteiger partial charge < -0.3 is 5.41 Å². The molecule has 0 unspecified atom stereocenters. The standard InChI is InChI=1S/C12H8N4S/c1-8(5-13)9-4-11-10(15-6-9)2-3-12(16-11)17-7-14/h2-6,13H,1H2. The highest BCUT2D eigenvalue weighted by atomic mass is 32.2. The van der Waals surface area contributed by atoms with E-state index >= 15 is 0 Å². The van der Waals surface area contributed by atoms with Gasteiger partial charge in [-0.2, -0.15) is 5.26 Å². The quantitative estimate of drug-likeness (QED) is 0.508. The smallest absolute Gasteiger partial charge is 0.140 e. The molecule has 1 N–H and O–H groups in total. The molecule has 0 fully saturated rings. The van der Waals surface area contributed by atoms with E-state index in [-0.39, 0.29) is 0 Å². The monoisotopic (exact) mass is 240 g/mol. The van der Waals surface area contributed by atoms with Gasteiger partial charge in [-0.15, -0.1) is 0 Å². The van der Waals surface area contributed by atoms with Crippen LogP contribution in [-0.2, 0) is 0 Å². The van der Waals surface area contributed by atoms with Crippen LogP contribution < -0.4 is 0 Å². The number of nitrogens with zero attached hydrogens (tertiary/aromatic N) is 3. The molecule has 0 amide bonds. The second kappa shape index (κ2) is 4.76. The van der Waals surface area contributed by atoms with Gasteiger partial charge in [-0.3, -0.25) is 4.98 Å². The van der Waals surface area contributed by atoms with E-state index in [1.807, 2.05) is 17.5 Å². The summed E-state index contributed by atoms with van der Waals surface area (Å²) in [5.41, 5.74) is 2.80. The van der Waals surface area contributed by atoms with Gasteiger partial charge in [-0.1, -0.05) is 6.58 Å². The molecule has 0 saturated heterocycles. The van der Waals surface area contributed by atoms with E-state index in [0.29, 0.717) is 16.1 Å². The third-order valence-electron chi connectivity index (χ3n) is 2.21. The average molecular weight is 240 g/mol. The molecule has 0 bridgehead atoms. The number of nitriles is 1. The van der Waals surface area contributed by atoms with Gasteiger partial charge in [0, 0.05) is 29.7 Å². The van der Waals surface area contributed by atoms with Crippen molar-refractivity contribution in [3.05, 3.63) is 36.5 Å². The summed E-state index contributed by atoms with van der Waals surface area (Å²) in [5, 5.41) is 18.3. The first-order chi connectivity index (χ1) is 8.24. The molecule has 2 heterocycles. The van der Waals surface area contributed by atoms with Gasteiger partial charge >= 0.3 is 0 Å². The first kappa shape index (κ1) is 11.3. The normalized spacial score (nSPS) is 9.82. The third kappa shape index (κ3) is 2.32. The lowest BCUT2D eigenvalue weighted by molar-refractivity contribution is 1.18. The molecule has 2 aromatic heterocycles. The summed E-state index contributed by atoms with van der Waals surface area (Å²) in [4.78, 5) is 8.54. The lowest BCUT2D eigenvalue weighted by atomic mass is 10.1. The van der Waals surface area contributed by atoms with Crippen molar-refractivity contribution in [2.24, 2.45) is 0 Å². The van der Waals surface area contributed by atoms with Gasteiger partial charge in [0.1, 0.15) is 10.4 Å². The van der Waals surface area contributed by atoms with Crippen LogP contribution in [-0.4, -0.2) is 16.2 Å². The second-order valence-electron chi connectivity index (χ2n) is 3.27. The summed E-state index contributed by atoms with van der Waals surface area (Å²) in [6.07, 6.45) is 2.84. The highest BCUT2D eigenvalue weighted by Gasteiger charge is 2.03. The zero-order valence-electron chi connectivity index (χ0n) is 8.84. The number of pyridine rings is 2. The topological polar surface area (TPSA) is 73.4 Å². The summed E-state index contributed by atoms with van der Waals surface area (Å²) < 4.78 is 0. The van der Waals surface area contributed by atoms with Crippen molar-refractivity contribution in [3.63, 3.8) is 0 Å². The molecule has 0 aromatic carbocycles. The maximum atomic E-state index is 8.59. The zero-order chi connectivity index (χ0) is 12.3. The maximum absolute atomic E-state index is 8.59. The lowest BCUT2D eigenvalue weighted by Gasteiger charge is -2.02. The van der Waals surface area contributed by atoms with Crippen molar-refractivity contribution in [2.45, 2.75) is 5.03 Å². The van der Waals surface area contributed by atoms with Crippen LogP contribution in [0.4, 0.5) is 0 Å². The van der Waals surface area contributed by atoms with Crippen molar-refractivity contribution >= 4 is 34.6 Å². The zero-order valence-corrected chi connectivity index (χ0v) is 9.66. The summed E-state index contributed by atoms with van der Waals surface area (Å²) in [6, 6.07) is 5.39. The molecular weight excluding hydrogens is 232 g/mol. The molecule has 82 valence electrons. The van der Waals surface area contributed by atoms with Crippen molar-refractivity contribution in [1.82, 2.24) is 9.97 Å². The molecule has 0 saturated carbocycles. The third-order valence-corrected chi connectivity index (χ3v) is 2.73. The van der Waals surface area contributed by atoms with Crippen LogP contribution in [0.15, 0.2) is 36.0 Å². The highest BCUT2D eigenvalue weighted by Crippen LogP contribution is 2.20. The molecule has 2 aromatic rings. The van der Waals surface area contributed by atoms with Gasteiger partial charge in [0.05, 0.1) is 11.0 Å². The van der Waals surface area contributed by atoms with Crippen LogP contribution in [0.25, 0.3) is 16.6 Å². The minimum atomic E-state index is 0.583. The van der Waals surface area contributed by atoms with Crippen molar-refractivity contribution in [3.8, 4) is 5.40 Å². The summed E-state index contributed by atoms with van der Waals surface area (Å²) in [5.74, 6) is 0. The Labute approximate surface area is 103 Å². The molecule has 4 nitrogen and oxygen atoms in total. The fourth-order valence-electron chi connectivity index (χ4n) is 1.35. The molecule has 2 rings (SSSR count). The number of allylic oxidation sites excluding steroid dienone is 1. The number of nitrogens with one attached hydrogen (secondary N) is 1. The first-order valence-electron chi connectivity index (χ1n) is 4.77. The molecule has 0 aliphatic rings. The van der Waals surface area contributed by atoms with E-state index < -0.39 is 0 Å². The number of thioether (sulfide) groups is 1. The maximum Gasteiger partial charge on any atom is 0.140 e. The van der Waals surface area contributed by atoms with Gasteiger partial charge in [0.2, 0.25) is 0 Å². The SMILES string of the molecule is C=C(C=N)c1cnc2ccc(SC#N)nc2c1. The Morgan fingerprint density at radius 2 is 2.29 bits per heavy atom. The molecule has 0 aliphatic carbocycles. The van der Waals surface area contributed by atoms with Gasteiger partial charge in [0.15, 0.2) is 0 Å². The van der Waals surface area contributed by atoms with Crippen molar-refractivity contribution in [1.29, 1.82) is 10.7 Å². The number of aromatic nitrogens is 2. The lowest BCUT2D eigenvalue weighted by Crippen LogP contribution is -1.89. The van der Waals surface area contributed by atoms with Crippen LogP contribution in [0.5, 0.6) is 0 Å². The predicted octanol–water partition coefficient (Wildman–Crippen LogP) is 2.87. The van der Waals surface area contributed by atoms with E-state index in [9.17, 15) is 0 Å². The molecule has 0 radical (unpaired) electrons. The Hall–Kier alpha value is -2.19. The number of rotatable bonds is 3. The van der Waals surface area contributed by atoms with E-state index in [0.717, 1.165) is 22.8 Å². The van der Waals surface area contributed by atoms with Crippen LogP contribution in [0, 0.1) is 16.1 Å². The average Bonchev–Trinajstić information content (AvgIpc) is 2.37. The minimum absolute atomic E-state index is 0.583. The molecule has 0 spiro atoms. The van der Waals surface area contributed by atoms with Crippen molar-refractivity contribution < 1.29 is 0 Å². The van der Waals surface area contributed by atoms with E-state index in [2.05, 4.69) is 16.5 Å². The fraction of sp³-hybridized carbons (Fsp3) is 0. The molecule has 0 atom stereocenters. The first-order valence-corrected chi connectivity index (χ1v) is 5.58. The second-order valence-corrected chi connectivity index (χ2v) is 4.08. The van der Waals surface area contributed by atoms with Crippen molar-refractivity contribution in [2.75, 3.05) is 0 Å². The summed E-state index contributed by atoms with van der Waals surface area (Å²) in [7, 11) is 0. The minimum Gasteiger partial charge on any atom is -0.308 e. The number of fused-ring (bicyclic) bond motifs is 1. The largest absolute Gasteiger partial charge is 0.308 e. The predicted molar refractivity (Wildman–Crippen MR) is 68.8 cm³/mol. The molecule has 17 heavy (non-hydrogen) atoms. The van der Waals surface area contributed by atoms with E-state index in [1.165, 1.54) is 6.21 Å². The Bertz CT molecular complexity index is 642. The Morgan fingerprint density at radius 1 is 1.47 bits per heavy atom. The number of hydrogen-bond donors (Lipinski definition) is 1.